The first kappa shape index (κ1) is 15.0. The molecule has 0 aromatic carbocycles. The first-order valence-corrected chi connectivity index (χ1v) is 7.04. The molecule has 2 saturated carbocycles. The maximum absolute atomic E-state index is 5.63. The number of hydrogen-bond acceptors (Lipinski definition) is 1. The van der Waals surface area contributed by atoms with Crippen molar-refractivity contribution in [3.05, 3.63) is 0 Å². The SMILES string of the molecule is CC.CC1CCCC1.NC1CCCCC1. The van der Waals surface area contributed by atoms with Crippen LogP contribution in [0.4, 0.5) is 0 Å². The van der Waals surface area contributed by atoms with E-state index in [4.69, 9.17) is 5.73 Å². The van der Waals surface area contributed by atoms with Gasteiger partial charge in [-0.3, -0.25) is 0 Å². The summed E-state index contributed by atoms with van der Waals surface area (Å²) in [5.41, 5.74) is 5.63. The molecule has 0 aromatic rings. The Hall–Kier alpha value is -0.0400. The van der Waals surface area contributed by atoms with Gasteiger partial charge in [0.05, 0.1) is 0 Å². The van der Waals surface area contributed by atoms with E-state index in [1.165, 1.54) is 57.8 Å². The van der Waals surface area contributed by atoms with Gasteiger partial charge in [-0.25, -0.2) is 0 Å². The third-order valence-electron chi connectivity index (χ3n) is 3.29. The fourth-order valence-corrected chi connectivity index (χ4v) is 2.26. The molecule has 0 spiro atoms. The van der Waals surface area contributed by atoms with Crippen molar-refractivity contribution < 1.29 is 0 Å². The van der Waals surface area contributed by atoms with E-state index in [1.54, 1.807) is 0 Å². The molecule has 2 N–H and O–H groups in total. The summed E-state index contributed by atoms with van der Waals surface area (Å²) in [6.45, 7) is 6.34. The minimum atomic E-state index is 0.536. The molecule has 2 fully saturated rings. The zero-order chi connectivity index (χ0) is 11.5. The summed E-state index contributed by atoms with van der Waals surface area (Å²) in [7, 11) is 0. The van der Waals surface area contributed by atoms with Crippen LogP contribution in [0.5, 0.6) is 0 Å². The Labute approximate surface area is 96.8 Å². The Bertz CT molecular complexity index is 111. The van der Waals surface area contributed by atoms with Crippen molar-refractivity contribution in [3.8, 4) is 0 Å². The quantitative estimate of drug-likeness (QED) is 0.630. The molecule has 2 aliphatic carbocycles. The molecule has 2 aliphatic rings. The highest BCUT2D eigenvalue weighted by molar-refractivity contribution is 4.66. The van der Waals surface area contributed by atoms with E-state index in [2.05, 4.69) is 6.92 Å². The molecule has 1 heteroatoms. The Kier molecular flexibility index (Phi) is 10.4. The minimum absolute atomic E-state index is 0.536. The average Bonchev–Trinajstić information content (AvgIpc) is 2.74. The highest BCUT2D eigenvalue weighted by Gasteiger charge is 2.07. The normalized spacial score (nSPS) is 22.4. The Morgan fingerprint density at radius 3 is 1.33 bits per heavy atom. The molecule has 0 aliphatic heterocycles. The maximum atomic E-state index is 5.63. The lowest BCUT2D eigenvalue weighted by Gasteiger charge is -2.15. The first-order chi connectivity index (χ1) is 7.29. The topological polar surface area (TPSA) is 26.0 Å². The Morgan fingerprint density at radius 2 is 1.13 bits per heavy atom. The van der Waals surface area contributed by atoms with Crippen LogP contribution < -0.4 is 5.73 Å². The highest BCUT2D eigenvalue weighted by atomic mass is 14.6. The maximum Gasteiger partial charge on any atom is 0.00388 e. The zero-order valence-electron chi connectivity index (χ0n) is 11.1. The van der Waals surface area contributed by atoms with Crippen molar-refractivity contribution in [1.82, 2.24) is 0 Å². The summed E-state index contributed by atoms with van der Waals surface area (Å²) in [5.74, 6) is 1.05. The van der Waals surface area contributed by atoms with Crippen molar-refractivity contribution in [2.45, 2.75) is 84.6 Å². The van der Waals surface area contributed by atoms with Gasteiger partial charge in [0.2, 0.25) is 0 Å². The van der Waals surface area contributed by atoms with Gasteiger partial charge in [-0.15, -0.1) is 0 Å². The monoisotopic (exact) mass is 213 g/mol. The largest absolute Gasteiger partial charge is 0.328 e. The van der Waals surface area contributed by atoms with Crippen LogP contribution in [0.3, 0.4) is 0 Å². The van der Waals surface area contributed by atoms with Crippen LogP contribution in [0.25, 0.3) is 0 Å². The summed E-state index contributed by atoms with van der Waals surface area (Å²) in [4.78, 5) is 0. The lowest BCUT2D eigenvalue weighted by molar-refractivity contribution is 0.441. The molecule has 0 atom stereocenters. The lowest BCUT2D eigenvalue weighted by atomic mass is 9.97. The van der Waals surface area contributed by atoms with Crippen molar-refractivity contribution in [2.75, 3.05) is 0 Å². The Balaban J connectivity index is 0.000000227. The second-order valence-corrected chi connectivity index (χ2v) is 4.79. The van der Waals surface area contributed by atoms with Crippen LogP contribution in [-0.2, 0) is 0 Å². The molecule has 92 valence electrons. The van der Waals surface area contributed by atoms with Gasteiger partial charge in [-0.05, 0) is 18.8 Å². The summed E-state index contributed by atoms with van der Waals surface area (Å²) < 4.78 is 0. The molecule has 0 bridgehead atoms. The van der Waals surface area contributed by atoms with E-state index in [0.29, 0.717) is 6.04 Å². The van der Waals surface area contributed by atoms with E-state index in [-0.39, 0.29) is 0 Å². The Morgan fingerprint density at radius 1 is 0.733 bits per heavy atom. The number of rotatable bonds is 0. The van der Waals surface area contributed by atoms with E-state index in [0.717, 1.165) is 5.92 Å². The summed E-state index contributed by atoms with van der Waals surface area (Å²) in [6.07, 6.45) is 12.6. The summed E-state index contributed by atoms with van der Waals surface area (Å²) >= 11 is 0. The average molecular weight is 213 g/mol. The van der Waals surface area contributed by atoms with Crippen molar-refractivity contribution in [2.24, 2.45) is 11.7 Å². The van der Waals surface area contributed by atoms with Crippen LogP contribution >= 0.6 is 0 Å². The molecular weight excluding hydrogens is 182 g/mol. The second kappa shape index (κ2) is 10.5. The third kappa shape index (κ3) is 8.92. The van der Waals surface area contributed by atoms with Crippen LogP contribution in [0.15, 0.2) is 0 Å². The van der Waals surface area contributed by atoms with Gasteiger partial charge in [0.1, 0.15) is 0 Å². The molecule has 0 heterocycles. The number of nitrogens with two attached hydrogens (primary N) is 1. The van der Waals surface area contributed by atoms with Crippen molar-refractivity contribution in [3.63, 3.8) is 0 Å². The summed E-state index contributed by atoms with van der Waals surface area (Å²) in [5, 5.41) is 0. The van der Waals surface area contributed by atoms with Crippen LogP contribution in [0, 0.1) is 5.92 Å². The standard InChI is InChI=1S/C6H13N.C6H12.C2H6/c7-6-4-2-1-3-5-6;1-6-4-2-3-5-6;1-2/h6H,1-5,7H2;6H,2-5H2,1H3;1-2H3. The predicted molar refractivity (Wildman–Crippen MR) is 70.0 cm³/mol. The minimum Gasteiger partial charge on any atom is -0.328 e. The second-order valence-electron chi connectivity index (χ2n) is 4.79. The smallest absolute Gasteiger partial charge is 0.00388 e. The number of hydrogen-bond donors (Lipinski definition) is 1. The fraction of sp³-hybridized carbons (Fsp3) is 1.00. The van der Waals surface area contributed by atoms with Crippen molar-refractivity contribution in [1.29, 1.82) is 0 Å². The van der Waals surface area contributed by atoms with Crippen LogP contribution in [0.1, 0.15) is 78.6 Å². The molecular formula is C14H31N. The highest BCUT2D eigenvalue weighted by Crippen LogP contribution is 2.22. The lowest BCUT2D eigenvalue weighted by Crippen LogP contribution is -2.22. The van der Waals surface area contributed by atoms with E-state index < -0.39 is 0 Å². The van der Waals surface area contributed by atoms with Gasteiger partial charge in [0.25, 0.3) is 0 Å². The molecule has 0 aromatic heterocycles. The fourth-order valence-electron chi connectivity index (χ4n) is 2.26. The van der Waals surface area contributed by atoms with E-state index in [9.17, 15) is 0 Å². The molecule has 0 radical (unpaired) electrons. The van der Waals surface area contributed by atoms with Crippen molar-refractivity contribution >= 4 is 0 Å². The van der Waals surface area contributed by atoms with Gasteiger partial charge < -0.3 is 5.73 Å². The first-order valence-electron chi connectivity index (χ1n) is 7.04. The zero-order valence-corrected chi connectivity index (χ0v) is 11.1. The molecule has 2 rings (SSSR count). The predicted octanol–water partition coefficient (Wildman–Crippen LogP) is 4.50. The van der Waals surface area contributed by atoms with Gasteiger partial charge in [0.15, 0.2) is 0 Å². The third-order valence-corrected chi connectivity index (χ3v) is 3.29. The van der Waals surface area contributed by atoms with Gasteiger partial charge in [-0.1, -0.05) is 65.7 Å². The van der Waals surface area contributed by atoms with Crippen LogP contribution in [0.2, 0.25) is 0 Å². The van der Waals surface area contributed by atoms with Gasteiger partial charge in [0, 0.05) is 6.04 Å². The summed E-state index contributed by atoms with van der Waals surface area (Å²) in [6, 6.07) is 0.536. The van der Waals surface area contributed by atoms with Crippen LogP contribution in [-0.4, -0.2) is 6.04 Å². The van der Waals surface area contributed by atoms with Gasteiger partial charge >= 0.3 is 0 Å². The molecule has 15 heavy (non-hydrogen) atoms. The molecule has 0 unspecified atom stereocenters. The molecule has 0 amide bonds. The molecule has 1 nitrogen and oxygen atoms in total. The molecule has 0 saturated heterocycles. The van der Waals surface area contributed by atoms with Gasteiger partial charge in [-0.2, -0.15) is 0 Å². The van der Waals surface area contributed by atoms with E-state index >= 15 is 0 Å². The van der Waals surface area contributed by atoms with E-state index in [1.807, 2.05) is 13.8 Å².